The summed E-state index contributed by atoms with van der Waals surface area (Å²) in [7, 11) is -3.66. The molecule has 2 heterocycles. The van der Waals surface area contributed by atoms with Crippen LogP contribution in [0.5, 0.6) is 0 Å². The Kier molecular flexibility index (Phi) is 6.21. The zero-order valence-corrected chi connectivity index (χ0v) is 17.1. The van der Waals surface area contributed by atoms with Crippen LogP contribution < -0.4 is 10.0 Å². The van der Waals surface area contributed by atoms with Crippen LogP contribution in [0.4, 0.5) is 23.2 Å². The number of halogens is 5. The molecule has 28 heavy (non-hydrogen) atoms. The minimum Gasteiger partial charge on any atom is -0.340 e. The number of carbonyl (C=O) groups is 1. The summed E-state index contributed by atoms with van der Waals surface area (Å²) in [4.78, 5) is 15.3. The van der Waals surface area contributed by atoms with Gasteiger partial charge in [0.1, 0.15) is 21.2 Å². The van der Waals surface area contributed by atoms with Gasteiger partial charge in [0.05, 0.1) is 0 Å². The Labute approximate surface area is 166 Å². The maximum atomic E-state index is 14.8. The van der Waals surface area contributed by atoms with Gasteiger partial charge in [-0.05, 0) is 41.9 Å². The van der Waals surface area contributed by atoms with Gasteiger partial charge >= 0.3 is 6.18 Å². The zero-order valence-electron chi connectivity index (χ0n) is 14.7. The first kappa shape index (κ1) is 22.3. The van der Waals surface area contributed by atoms with Crippen molar-refractivity contribution in [3.05, 3.63) is 40.1 Å². The Balaban J connectivity index is 2.44. The molecule has 0 aromatic carbocycles. The Bertz CT molecular complexity index is 1020. The minimum atomic E-state index is -4.88. The van der Waals surface area contributed by atoms with Gasteiger partial charge in [-0.3, -0.25) is 4.79 Å². The summed E-state index contributed by atoms with van der Waals surface area (Å²) >= 11 is 3.10. The predicted octanol–water partition coefficient (Wildman–Crippen LogP) is 3.11. The summed E-state index contributed by atoms with van der Waals surface area (Å²) in [6.45, 7) is 1.76. The number of carbonyl (C=O) groups excluding carboxylic acids is 1. The monoisotopic (exact) mass is 486 g/mol. The minimum absolute atomic E-state index is 0.236. The number of pyridine rings is 1. The fraction of sp³-hybridized carbons (Fsp3) is 0.333. The van der Waals surface area contributed by atoms with Crippen LogP contribution in [0.3, 0.4) is 0 Å². The third-order valence-electron chi connectivity index (χ3n) is 3.87. The van der Waals surface area contributed by atoms with Crippen molar-refractivity contribution in [2.24, 2.45) is 7.05 Å². The normalized spacial score (nSPS) is 13.4. The Hall–Kier alpha value is -1.99. The zero-order chi connectivity index (χ0) is 21.4. The second-order valence-electron chi connectivity index (χ2n) is 5.84. The highest BCUT2D eigenvalue weighted by Gasteiger charge is 2.41. The number of hydrogen-bond donors (Lipinski definition) is 2. The van der Waals surface area contributed by atoms with Crippen LogP contribution in [0.15, 0.2) is 27.8 Å². The highest BCUT2D eigenvalue weighted by Crippen LogP contribution is 2.28. The van der Waals surface area contributed by atoms with Gasteiger partial charge in [-0.15, -0.1) is 0 Å². The van der Waals surface area contributed by atoms with Crippen LogP contribution in [0, 0.1) is 12.7 Å². The van der Waals surface area contributed by atoms with Gasteiger partial charge in [-0.1, -0.05) is 0 Å². The van der Waals surface area contributed by atoms with Crippen molar-refractivity contribution >= 4 is 37.5 Å². The van der Waals surface area contributed by atoms with Gasteiger partial charge in [0.15, 0.2) is 5.82 Å². The third-order valence-corrected chi connectivity index (χ3v) is 5.98. The number of amides is 1. The molecule has 0 bridgehead atoms. The van der Waals surface area contributed by atoms with Crippen LogP contribution in [0.2, 0.25) is 0 Å². The standard InChI is InChI=1S/C15H15BrF4N4O3S/c1-7-13(28(26,27)23-8(2)15(18,19)20)11(17)12(24(7)3)14(25)22-9-4-5-21-10(16)6-9/h4-6,8,23H,1-3H3,(H,21,22,25)/t8-/m1/s1. The molecule has 154 valence electrons. The SMILES string of the molecule is Cc1c(S(=O)(=O)N[C@H](C)C(F)(F)F)c(F)c(C(=O)Nc2ccnc(Br)c2)n1C. The van der Waals surface area contributed by atoms with E-state index in [1.165, 1.54) is 37.0 Å². The van der Waals surface area contributed by atoms with E-state index in [1.807, 2.05) is 0 Å². The quantitative estimate of drug-likeness (QED) is 0.501. The van der Waals surface area contributed by atoms with E-state index >= 15 is 0 Å². The summed E-state index contributed by atoms with van der Waals surface area (Å²) in [6.07, 6.45) is -3.49. The second kappa shape index (κ2) is 7.79. The molecule has 2 aromatic rings. The molecule has 1 amide bonds. The van der Waals surface area contributed by atoms with Gasteiger partial charge in [0, 0.05) is 24.6 Å². The molecular weight excluding hydrogens is 472 g/mol. The van der Waals surface area contributed by atoms with Crippen LogP contribution >= 0.6 is 15.9 Å². The predicted molar refractivity (Wildman–Crippen MR) is 95.8 cm³/mol. The van der Waals surface area contributed by atoms with Crippen LogP contribution in [0.1, 0.15) is 23.1 Å². The van der Waals surface area contributed by atoms with Crippen LogP contribution in [0.25, 0.3) is 0 Å². The molecule has 2 rings (SSSR count). The number of sulfonamides is 1. The van der Waals surface area contributed by atoms with E-state index < -0.39 is 44.6 Å². The molecule has 2 aromatic heterocycles. The molecular formula is C15H15BrF4N4O3S. The van der Waals surface area contributed by atoms with Crippen molar-refractivity contribution in [1.82, 2.24) is 14.3 Å². The average Bonchev–Trinajstić information content (AvgIpc) is 2.76. The first-order valence-corrected chi connectivity index (χ1v) is 9.90. The van der Waals surface area contributed by atoms with E-state index in [0.717, 1.165) is 4.57 Å². The number of aromatic nitrogens is 2. The molecule has 0 aliphatic heterocycles. The summed E-state index contributed by atoms with van der Waals surface area (Å²) in [5.74, 6) is -2.43. The lowest BCUT2D eigenvalue weighted by atomic mass is 10.3. The van der Waals surface area contributed by atoms with E-state index in [-0.39, 0.29) is 11.4 Å². The average molecular weight is 487 g/mol. The number of nitrogens with one attached hydrogen (secondary N) is 2. The number of rotatable bonds is 5. The lowest BCUT2D eigenvalue weighted by molar-refractivity contribution is -0.147. The molecule has 2 N–H and O–H groups in total. The Morgan fingerprint density at radius 2 is 1.96 bits per heavy atom. The van der Waals surface area contributed by atoms with E-state index in [0.29, 0.717) is 11.5 Å². The number of alkyl halides is 3. The molecule has 0 fully saturated rings. The van der Waals surface area contributed by atoms with Gasteiger partial charge < -0.3 is 9.88 Å². The van der Waals surface area contributed by atoms with Gasteiger partial charge in [-0.2, -0.15) is 17.9 Å². The molecule has 0 saturated heterocycles. The van der Waals surface area contributed by atoms with Crippen molar-refractivity contribution in [3.63, 3.8) is 0 Å². The lowest BCUT2D eigenvalue weighted by Crippen LogP contribution is -2.43. The van der Waals surface area contributed by atoms with E-state index in [2.05, 4.69) is 26.2 Å². The fourth-order valence-corrected chi connectivity index (χ4v) is 4.27. The number of nitrogens with zero attached hydrogens (tertiary/aromatic N) is 2. The van der Waals surface area contributed by atoms with E-state index in [9.17, 15) is 30.8 Å². The highest BCUT2D eigenvalue weighted by molar-refractivity contribution is 9.10. The number of anilines is 1. The summed E-state index contributed by atoms with van der Waals surface area (Å²) in [6, 6.07) is 0.402. The smallest absolute Gasteiger partial charge is 0.340 e. The molecule has 0 spiro atoms. The number of hydrogen-bond acceptors (Lipinski definition) is 4. The maximum absolute atomic E-state index is 14.8. The highest BCUT2D eigenvalue weighted by atomic mass is 79.9. The largest absolute Gasteiger partial charge is 0.404 e. The van der Waals surface area contributed by atoms with Crippen molar-refractivity contribution in [1.29, 1.82) is 0 Å². The van der Waals surface area contributed by atoms with Crippen molar-refractivity contribution in [2.75, 3.05) is 5.32 Å². The Morgan fingerprint density at radius 3 is 2.50 bits per heavy atom. The molecule has 0 saturated carbocycles. The first-order valence-electron chi connectivity index (χ1n) is 7.62. The maximum Gasteiger partial charge on any atom is 0.404 e. The topological polar surface area (TPSA) is 93.1 Å². The summed E-state index contributed by atoms with van der Waals surface area (Å²) in [5.41, 5.74) is -0.635. The van der Waals surface area contributed by atoms with Gasteiger partial charge in [-0.25, -0.2) is 17.8 Å². The Morgan fingerprint density at radius 1 is 1.36 bits per heavy atom. The summed E-state index contributed by atoms with van der Waals surface area (Å²) in [5, 5.41) is 2.37. The molecule has 7 nitrogen and oxygen atoms in total. The van der Waals surface area contributed by atoms with Crippen LogP contribution in [-0.4, -0.2) is 36.1 Å². The van der Waals surface area contributed by atoms with Crippen molar-refractivity contribution < 1.29 is 30.8 Å². The van der Waals surface area contributed by atoms with Crippen molar-refractivity contribution in [3.8, 4) is 0 Å². The molecule has 13 heteroatoms. The van der Waals surface area contributed by atoms with Gasteiger partial charge in [0.25, 0.3) is 5.91 Å². The van der Waals surface area contributed by atoms with Crippen LogP contribution in [-0.2, 0) is 17.1 Å². The third kappa shape index (κ3) is 4.52. The second-order valence-corrected chi connectivity index (χ2v) is 8.31. The first-order chi connectivity index (χ1) is 12.8. The van der Waals surface area contributed by atoms with E-state index in [4.69, 9.17) is 0 Å². The van der Waals surface area contributed by atoms with Gasteiger partial charge in [0.2, 0.25) is 10.0 Å². The molecule has 0 radical (unpaired) electrons. The van der Waals surface area contributed by atoms with E-state index in [1.54, 1.807) is 0 Å². The fourth-order valence-electron chi connectivity index (χ4n) is 2.33. The molecule has 1 atom stereocenters. The molecule has 0 unspecified atom stereocenters. The molecule has 0 aliphatic rings. The van der Waals surface area contributed by atoms with Crippen molar-refractivity contribution in [2.45, 2.75) is 31.0 Å². The summed E-state index contributed by atoms with van der Waals surface area (Å²) < 4.78 is 80.2. The molecule has 0 aliphatic carbocycles. The lowest BCUT2D eigenvalue weighted by Gasteiger charge is -2.17.